The van der Waals surface area contributed by atoms with Gasteiger partial charge in [0.2, 0.25) is 0 Å². The van der Waals surface area contributed by atoms with Crippen molar-refractivity contribution in [2.75, 3.05) is 0 Å². The maximum absolute atomic E-state index is 5.06. The Kier molecular flexibility index (Phi) is 8.76. The zero-order valence-electron chi connectivity index (χ0n) is 18.8. The standard InChI is InChI=1S/C29H27NS3/c1-22-13-17-26(18-14-22)32-29(33-27-19-15-23(2)16-20-27)21-28(30-24-9-5-3-6-10-24)31-25-11-7-4-8-12-25/h3-20,29H,21H2,1-2H3. The third-order valence-electron chi connectivity index (χ3n) is 4.91. The van der Waals surface area contributed by atoms with E-state index in [0.717, 1.165) is 17.2 Å². The Balaban J connectivity index is 1.61. The highest BCUT2D eigenvalue weighted by Crippen LogP contribution is 2.40. The first-order valence-electron chi connectivity index (χ1n) is 11.0. The second-order valence-electron chi connectivity index (χ2n) is 7.75. The predicted molar refractivity (Wildman–Crippen MR) is 148 cm³/mol. The number of aliphatic imine (C=N–C) groups is 1. The third kappa shape index (κ3) is 7.85. The van der Waals surface area contributed by atoms with Gasteiger partial charge in [-0.25, -0.2) is 4.99 Å². The van der Waals surface area contributed by atoms with Crippen LogP contribution in [-0.4, -0.2) is 9.63 Å². The molecule has 0 aromatic heterocycles. The molecule has 0 N–H and O–H groups in total. The lowest BCUT2D eigenvalue weighted by Crippen LogP contribution is -2.05. The van der Waals surface area contributed by atoms with Crippen LogP contribution in [0.4, 0.5) is 5.69 Å². The average Bonchev–Trinajstić information content (AvgIpc) is 2.83. The quantitative estimate of drug-likeness (QED) is 0.107. The molecule has 0 saturated carbocycles. The Hall–Kier alpha value is -2.40. The van der Waals surface area contributed by atoms with Crippen molar-refractivity contribution in [3.8, 4) is 0 Å². The van der Waals surface area contributed by atoms with Crippen molar-refractivity contribution >= 4 is 46.0 Å². The van der Waals surface area contributed by atoms with Gasteiger partial charge in [0.15, 0.2) is 0 Å². The van der Waals surface area contributed by atoms with Crippen LogP contribution < -0.4 is 0 Å². The Morgan fingerprint density at radius 3 is 1.61 bits per heavy atom. The summed E-state index contributed by atoms with van der Waals surface area (Å²) in [6.07, 6.45) is 0.867. The van der Waals surface area contributed by atoms with Gasteiger partial charge in [-0.2, -0.15) is 0 Å². The average molecular weight is 486 g/mol. The molecule has 33 heavy (non-hydrogen) atoms. The van der Waals surface area contributed by atoms with E-state index in [0.29, 0.717) is 4.58 Å². The maximum Gasteiger partial charge on any atom is 0.0806 e. The van der Waals surface area contributed by atoms with Crippen molar-refractivity contribution in [2.24, 2.45) is 4.99 Å². The van der Waals surface area contributed by atoms with Crippen molar-refractivity contribution in [1.29, 1.82) is 0 Å². The predicted octanol–water partition coefficient (Wildman–Crippen LogP) is 9.43. The normalized spacial score (nSPS) is 11.7. The van der Waals surface area contributed by atoms with E-state index < -0.39 is 0 Å². The smallest absolute Gasteiger partial charge is 0.0806 e. The van der Waals surface area contributed by atoms with E-state index in [9.17, 15) is 0 Å². The van der Waals surface area contributed by atoms with Gasteiger partial charge in [0, 0.05) is 21.1 Å². The summed E-state index contributed by atoms with van der Waals surface area (Å²) in [4.78, 5) is 8.84. The lowest BCUT2D eigenvalue weighted by molar-refractivity contribution is 1.23. The maximum atomic E-state index is 5.06. The Bertz CT molecular complexity index is 1110. The van der Waals surface area contributed by atoms with E-state index in [1.165, 1.54) is 25.8 Å². The van der Waals surface area contributed by atoms with Crippen LogP contribution in [0.2, 0.25) is 0 Å². The summed E-state index contributed by atoms with van der Waals surface area (Å²) in [5.41, 5.74) is 3.57. The molecule has 0 spiro atoms. The van der Waals surface area contributed by atoms with Crippen LogP contribution in [0, 0.1) is 13.8 Å². The van der Waals surface area contributed by atoms with Gasteiger partial charge in [-0.05, 0) is 62.4 Å². The summed E-state index contributed by atoms with van der Waals surface area (Å²) < 4.78 is 0.300. The lowest BCUT2D eigenvalue weighted by Gasteiger charge is -2.18. The zero-order valence-corrected chi connectivity index (χ0v) is 21.3. The minimum atomic E-state index is 0.300. The zero-order chi connectivity index (χ0) is 22.9. The molecule has 0 radical (unpaired) electrons. The number of rotatable bonds is 8. The summed E-state index contributed by atoms with van der Waals surface area (Å²) >= 11 is 5.59. The highest BCUT2D eigenvalue weighted by atomic mass is 32.2. The fourth-order valence-corrected chi connectivity index (χ4v) is 6.88. The van der Waals surface area contributed by atoms with Crippen LogP contribution in [0.25, 0.3) is 0 Å². The van der Waals surface area contributed by atoms with Crippen molar-refractivity contribution in [3.05, 3.63) is 120 Å². The molecule has 0 heterocycles. The van der Waals surface area contributed by atoms with Gasteiger partial charge >= 0.3 is 0 Å². The molecule has 0 amide bonds. The first kappa shape index (κ1) is 23.7. The van der Waals surface area contributed by atoms with Gasteiger partial charge in [-0.3, -0.25) is 0 Å². The Labute approximate surface area is 210 Å². The number of nitrogens with zero attached hydrogens (tertiary/aromatic N) is 1. The fraction of sp³-hybridized carbons (Fsp3) is 0.138. The van der Waals surface area contributed by atoms with Crippen LogP contribution in [0.15, 0.2) is 129 Å². The highest BCUT2D eigenvalue weighted by molar-refractivity contribution is 8.17. The van der Waals surface area contributed by atoms with Gasteiger partial charge in [-0.15, -0.1) is 23.5 Å². The summed E-state index contributed by atoms with van der Waals surface area (Å²) in [5, 5.41) is 1.12. The van der Waals surface area contributed by atoms with E-state index >= 15 is 0 Å². The van der Waals surface area contributed by atoms with Crippen LogP contribution in [0.3, 0.4) is 0 Å². The molecule has 0 unspecified atom stereocenters. The molecule has 0 atom stereocenters. The minimum Gasteiger partial charge on any atom is -0.246 e. The van der Waals surface area contributed by atoms with E-state index in [1.807, 2.05) is 41.7 Å². The summed E-state index contributed by atoms with van der Waals surface area (Å²) in [5.74, 6) is 0. The number of para-hydroxylation sites is 1. The molecule has 0 aliphatic heterocycles. The van der Waals surface area contributed by atoms with Crippen LogP contribution >= 0.6 is 35.3 Å². The molecule has 0 aliphatic rings. The summed E-state index contributed by atoms with van der Waals surface area (Å²) in [6, 6.07) is 38.4. The number of benzene rings is 4. The van der Waals surface area contributed by atoms with Gasteiger partial charge in [0.05, 0.1) is 15.3 Å². The number of thioether (sulfide) groups is 3. The molecule has 166 valence electrons. The lowest BCUT2D eigenvalue weighted by atomic mass is 10.2. The monoisotopic (exact) mass is 485 g/mol. The Morgan fingerprint density at radius 2 is 1.09 bits per heavy atom. The van der Waals surface area contributed by atoms with E-state index in [-0.39, 0.29) is 0 Å². The molecular formula is C29H27NS3. The molecule has 4 heteroatoms. The summed E-state index contributed by atoms with van der Waals surface area (Å²) in [6.45, 7) is 4.27. The first-order chi connectivity index (χ1) is 16.1. The van der Waals surface area contributed by atoms with Crippen molar-refractivity contribution in [1.82, 2.24) is 0 Å². The SMILES string of the molecule is Cc1ccc(SC(CC(=Nc2ccccc2)Sc2ccccc2)Sc2ccc(C)cc2)cc1. The topological polar surface area (TPSA) is 12.4 Å². The van der Waals surface area contributed by atoms with Crippen molar-refractivity contribution in [3.63, 3.8) is 0 Å². The first-order valence-corrected chi connectivity index (χ1v) is 13.5. The number of aryl methyl sites for hydroxylation is 2. The molecule has 4 aromatic carbocycles. The minimum absolute atomic E-state index is 0.300. The van der Waals surface area contributed by atoms with Crippen molar-refractivity contribution in [2.45, 2.75) is 39.5 Å². The molecule has 0 aliphatic carbocycles. The van der Waals surface area contributed by atoms with Gasteiger partial charge in [-0.1, -0.05) is 83.6 Å². The van der Waals surface area contributed by atoms with Crippen LogP contribution in [0.5, 0.6) is 0 Å². The number of hydrogen-bond acceptors (Lipinski definition) is 4. The van der Waals surface area contributed by atoms with E-state index in [4.69, 9.17) is 4.99 Å². The number of hydrogen-bond donors (Lipinski definition) is 0. The second kappa shape index (κ2) is 12.2. The molecular weight excluding hydrogens is 459 g/mol. The van der Waals surface area contributed by atoms with Crippen LogP contribution in [0.1, 0.15) is 17.5 Å². The molecule has 0 bridgehead atoms. The third-order valence-corrected chi connectivity index (χ3v) is 8.43. The molecule has 0 fully saturated rings. The summed E-state index contributed by atoms with van der Waals surface area (Å²) in [7, 11) is 0. The fourth-order valence-electron chi connectivity index (χ4n) is 3.17. The molecule has 4 rings (SSSR count). The largest absolute Gasteiger partial charge is 0.246 e. The second-order valence-corrected chi connectivity index (χ2v) is 11.7. The van der Waals surface area contributed by atoms with Gasteiger partial charge in [0.25, 0.3) is 0 Å². The highest BCUT2D eigenvalue weighted by Gasteiger charge is 2.17. The van der Waals surface area contributed by atoms with E-state index in [1.54, 1.807) is 11.8 Å². The van der Waals surface area contributed by atoms with Crippen molar-refractivity contribution < 1.29 is 0 Å². The molecule has 0 saturated heterocycles. The van der Waals surface area contributed by atoms with E-state index in [2.05, 4.69) is 105 Å². The Morgan fingerprint density at radius 1 is 0.606 bits per heavy atom. The van der Waals surface area contributed by atoms with Gasteiger partial charge in [0.1, 0.15) is 0 Å². The molecule has 1 nitrogen and oxygen atoms in total. The van der Waals surface area contributed by atoms with Crippen LogP contribution in [-0.2, 0) is 0 Å². The molecule has 4 aromatic rings. The van der Waals surface area contributed by atoms with Gasteiger partial charge < -0.3 is 0 Å².